The fourth-order valence-electron chi connectivity index (χ4n) is 3.05. The number of benzene rings is 1. The summed E-state index contributed by atoms with van der Waals surface area (Å²) in [7, 11) is 4.26. The Morgan fingerprint density at radius 1 is 0.967 bits per heavy atom. The molecule has 1 aliphatic rings. The zero-order valence-electron chi connectivity index (χ0n) is 17.6. The summed E-state index contributed by atoms with van der Waals surface area (Å²) in [5, 5.41) is 5.17. The maximum atomic E-state index is 12.7. The Morgan fingerprint density at radius 3 is 2.23 bits per heavy atom. The Bertz CT molecular complexity index is 849. The van der Waals surface area contributed by atoms with E-state index in [1.807, 2.05) is 6.92 Å². The van der Waals surface area contributed by atoms with Crippen molar-refractivity contribution in [1.29, 1.82) is 0 Å². The molecule has 0 fully saturated rings. The molecule has 1 atom stereocenters. The predicted molar refractivity (Wildman–Crippen MR) is 106 cm³/mol. The molecule has 164 valence electrons. The van der Waals surface area contributed by atoms with Crippen LogP contribution in [-0.2, 0) is 14.3 Å². The third kappa shape index (κ3) is 4.76. The smallest absolute Gasteiger partial charge is 0.342 e. The van der Waals surface area contributed by atoms with E-state index in [0.717, 1.165) is 0 Å². The lowest BCUT2D eigenvalue weighted by molar-refractivity contribution is -0.139. The third-order valence-electron chi connectivity index (χ3n) is 4.42. The summed E-state index contributed by atoms with van der Waals surface area (Å²) < 4.78 is 26.2. The van der Waals surface area contributed by atoms with Crippen LogP contribution in [0.1, 0.15) is 30.6 Å². The minimum absolute atomic E-state index is 0.0979. The van der Waals surface area contributed by atoms with Gasteiger partial charge in [0, 0.05) is 0 Å². The molecule has 0 aromatic heterocycles. The number of carbonyl (C=O) groups excluding carboxylic acids is 3. The van der Waals surface area contributed by atoms with E-state index in [9.17, 15) is 14.4 Å². The summed E-state index contributed by atoms with van der Waals surface area (Å²) in [6.07, 6.45) is 0.461. The highest BCUT2D eigenvalue weighted by Gasteiger charge is 2.32. The molecule has 10 nitrogen and oxygen atoms in total. The van der Waals surface area contributed by atoms with E-state index in [1.54, 1.807) is 13.0 Å². The second-order valence-electron chi connectivity index (χ2n) is 6.13. The summed E-state index contributed by atoms with van der Waals surface area (Å²) in [5.74, 6) is -0.560. The maximum Gasteiger partial charge on any atom is 0.342 e. The van der Waals surface area contributed by atoms with Crippen LogP contribution in [0.4, 0.5) is 4.79 Å². The van der Waals surface area contributed by atoms with Gasteiger partial charge in [0.2, 0.25) is 5.75 Å². The molecule has 0 unspecified atom stereocenters. The minimum Gasteiger partial charge on any atom is -0.493 e. The molecule has 0 radical (unpaired) electrons. The average molecular weight is 422 g/mol. The summed E-state index contributed by atoms with van der Waals surface area (Å²) >= 11 is 0. The first-order valence-electron chi connectivity index (χ1n) is 9.35. The topological polar surface area (TPSA) is 121 Å². The van der Waals surface area contributed by atoms with E-state index >= 15 is 0 Å². The molecule has 2 rings (SSSR count). The van der Waals surface area contributed by atoms with Gasteiger partial charge in [-0.25, -0.2) is 14.4 Å². The van der Waals surface area contributed by atoms with E-state index in [0.29, 0.717) is 12.2 Å². The van der Waals surface area contributed by atoms with Crippen molar-refractivity contribution in [3.05, 3.63) is 29.0 Å². The second-order valence-corrected chi connectivity index (χ2v) is 6.13. The van der Waals surface area contributed by atoms with Crippen LogP contribution in [0.15, 0.2) is 23.4 Å². The van der Waals surface area contributed by atoms with Gasteiger partial charge in [-0.3, -0.25) is 0 Å². The molecule has 0 spiro atoms. The molecule has 0 aliphatic carbocycles. The van der Waals surface area contributed by atoms with Gasteiger partial charge < -0.3 is 34.3 Å². The van der Waals surface area contributed by atoms with Crippen molar-refractivity contribution in [3.8, 4) is 17.2 Å². The number of hydrogen-bond donors (Lipinski definition) is 2. The van der Waals surface area contributed by atoms with Gasteiger partial charge >= 0.3 is 18.0 Å². The molecule has 1 aromatic carbocycles. The number of nitrogens with one attached hydrogen (secondary N) is 2. The number of methoxy groups -OCH3 is 3. The molecule has 1 aliphatic heterocycles. The Morgan fingerprint density at radius 2 is 1.67 bits per heavy atom. The Balaban J connectivity index is 2.32. The normalized spacial score (nSPS) is 15.6. The van der Waals surface area contributed by atoms with E-state index in [-0.39, 0.29) is 41.5 Å². The largest absolute Gasteiger partial charge is 0.493 e. The molecule has 0 bridgehead atoms. The van der Waals surface area contributed by atoms with Gasteiger partial charge in [0.05, 0.1) is 45.2 Å². The van der Waals surface area contributed by atoms with Crippen LogP contribution in [0.25, 0.3) is 0 Å². The molecule has 2 amide bonds. The highest BCUT2D eigenvalue weighted by molar-refractivity contribution is 5.96. The van der Waals surface area contributed by atoms with E-state index in [1.165, 1.54) is 27.4 Å². The van der Waals surface area contributed by atoms with Crippen LogP contribution in [0.3, 0.4) is 0 Å². The summed E-state index contributed by atoms with van der Waals surface area (Å²) in [6.45, 7) is 3.32. The first kappa shape index (κ1) is 22.9. The summed E-state index contributed by atoms with van der Waals surface area (Å²) in [5.41, 5.74) is 0.476. The number of amides is 2. The number of esters is 2. The summed E-state index contributed by atoms with van der Waals surface area (Å²) in [4.78, 5) is 37.0. The number of rotatable bonds is 9. The first-order valence-corrected chi connectivity index (χ1v) is 9.35. The van der Waals surface area contributed by atoms with Crippen LogP contribution in [-0.4, -0.2) is 58.6 Å². The SMILES string of the molecule is CCOC(=O)C1=C(COC(=O)c2ccc(OC)c(OC)c2OC)NC(=O)N[C@@H]1CC. The van der Waals surface area contributed by atoms with Crippen molar-refractivity contribution in [2.24, 2.45) is 0 Å². The minimum atomic E-state index is -0.732. The fourth-order valence-corrected chi connectivity index (χ4v) is 3.05. The van der Waals surface area contributed by atoms with Crippen molar-refractivity contribution in [2.75, 3.05) is 34.5 Å². The lowest BCUT2D eigenvalue weighted by Crippen LogP contribution is -2.51. The molecule has 0 saturated heterocycles. The zero-order chi connectivity index (χ0) is 22.3. The molecule has 30 heavy (non-hydrogen) atoms. The molecule has 1 heterocycles. The van der Waals surface area contributed by atoms with E-state index in [4.69, 9.17) is 23.7 Å². The lowest BCUT2D eigenvalue weighted by atomic mass is 10.0. The Labute approximate surface area is 174 Å². The summed E-state index contributed by atoms with van der Waals surface area (Å²) in [6, 6.07) is 1.96. The second kappa shape index (κ2) is 10.4. The van der Waals surface area contributed by atoms with Gasteiger partial charge in [0.25, 0.3) is 0 Å². The average Bonchev–Trinajstić information content (AvgIpc) is 2.75. The van der Waals surface area contributed by atoms with Gasteiger partial charge in [-0.1, -0.05) is 6.92 Å². The van der Waals surface area contributed by atoms with Crippen molar-refractivity contribution >= 4 is 18.0 Å². The molecule has 0 saturated carbocycles. The number of urea groups is 1. The lowest BCUT2D eigenvalue weighted by Gasteiger charge is -2.28. The third-order valence-corrected chi connectivity index (χ3v) is 4.42. The van der Waals surface area contributed by atoms with Gasteiger partial charge in [-0.05, 0) is 25.5 Å². The number of ether oxygens (including phenoxy) is 5. The molecular formula is C20H26N2O8. The Kier molecular flexibility index (Phi) is 7.90. The molecular weight excluding hydrogens is 396 g/mol. The highest BCUT2D eigenvalue weighted by Crippen LogP contribution is 2.40. The quantitative estimate of drug-likeness (QED) is 0.578. The van der Waals surface area contributed by atoms with E-state index < -0.39 is 24.0 Å². The number of hydrogen-bond acceptors (Lipinski definition) is 8. The molecule has 10 heteroatoms. The van der Waals surface area contributed by atoms with Crippen molar-refractivity contribution < 1.29 is 38.1 Å². The van der Waals surface area contributed by atoms with Crippen molar-refractivity contribution in [1.82, 2.24) is 10.6 Å². The van der Waals surface area contributed by atoms with Gasteiger partial charge in [0.1, 0.15) is 12.2 Å². The monoisotopic (exact) mass is 422 g/mol. The van der Waals surface area contributed by atoms with Gasteiger partial charge in [0.15, 0.2) is 11.5 Å². The molecule has 1 aromatic rings. The van der Waals surface area contributed by atoms with Crippen molar-refractivity contribution in [2.45, 2.75) is 26.3 Å². The van der Waals surface area contributed by atoms with Gasteiger partial charge in [-0.2, -0.15) is 0 Å². The maximum absolute atomic E-state index is 12.7. The standard InChI is InChI=1S/C20H26N2O8/c1-6-12-15(19(24)29-7-2)13(22-20(25)21-12)10-30-18(23)11-8-9-14(26-3)17(28-5)16(11)27-4/h8-9,12H,6-7,10H2,1-5H3,(H2,21,22,25)/t12-/m1/s1. The van der Waals surface area contributed by atoms with Crippen LogP contribution in [0.2, 0.25) is 0 Å². The molecule has 2 N–H and O–H groups in total. The highest BCUT2D eigenvalue weighted by atomic mass is 16.5. The predicted octanol–water partition coefficient (Wildman–Crippen LogP) is 1.78. The van der Waals surface area contributed by atoms with Crippen LogP contribution < -0.4 is 24.8 Å². The van der Waals surface area contributed by atoms with Crippen molar-refractivity contribution in [3.63, 3.8) is 0 Å². The van der Waals surface area contributed by atoms with E-state index in [2.05, 4.69) is 10.6 Å². The van der Waals surface area contributed by atoms with Gasteiger partial charge in [-0.15, -0.1) is 0 Å². The van der Waals surface area contributed by atoms with Crippen LogP contribution in [0.5, 0.6) is 17.2 Å². The zero-order valence-corrected chi connectivity index (χ0v) is 17.6. The first-order chi connectivity index (χ1) is 14.4. The van der Waals surface area contributed by atoms with Crippen LogP contribution in [0, 0.1) is 0 Å². The fraction of sp³-hybridized carbons (Fsp3) is 0.450. The Hall–Kier alpha value is -3.43. The van der Waals surface area contributed by atoms with Crippen LogP contribution >= 0.6 is 0 Å². The number of carbonyl (C=O) groups is 3.